The third kappa shape index (κ3) is 7.86. The molecule has 1 aromatic rings. The molecule has 0 fully saturated rings. The van der Waals surface area contributed by atoms with Crippen LogP contribution in [0.2, 0.25) is 0 Å². The van der Waals surface area contributed by atoms with Gasteiger partial charge in [0.15, 0.2) is 5.75 Å². The van der Waals surface area contributed by atoms with E-state index in [1.165, 1.54) is 6.07 Å². The van der Waals surface area contributed by atoms with E-state index in [-0.39, 0.29) is 12.4 Å². The first-order valence-corrected chi connectivity index (χ1v) is 7.93. The molecule has 0 aliphatic carbocycles. The fourth-order valence-electron chi connectivity index (χ4n) is 1.77. The molecule has 22 heavy (non-hydrogen) atoms. The van der Waals surface area contributed by atoms with Crippen molar-refractivity contribution in [2.75, 3.05) is 19.0 Å². The number of benzene rings is 1. The van der Waals surface area contributed by atoms with Crippen molar-refractivity contribution in [3.63, 3.8) is 0 Å². The number of rotatable bonds is 12. The van der Waals surface area contributed by atoms with E-state index in [4.69, 9.17) is 19.6 Å². The highest BCUT2D eigenvalue weighted by molar-refractivity contribution is 7.80. The van der Waals surface area contributed by atoms with Crippen LogP contribution >= 0.6 is 12.6 Å². The smallest absolute Gasteiger partial charge is 0.220 e. The normalized spacial score (nSPS) is 12.2. The van der Waals surface area contributed by atoms with Crippen LogP contribution in [0.4, 0.5) is 0 Å². The van der Waals surface area contributed by atoms with Gasteiger partial charge in [-0.3, -0.25) is 0 Å². The molecule has 0 saturated carbocycles. The lowest BCUT2D eigenvalue weighted by Gasteiger charge is -2.13. The van der Waals surface area contributed by atoms with Crippen molar-refractivity contribution in [2.45, 2.75) is 38.6 Å². The second kappa shape index (κ2) is 11.6. The first-order chi connectivity index (χ1) is 10.7. The highest BCUT2D eigenvalue weighted by Gasteiger charge is 2.08. The second-order valence-corrected chi connectivity index (χ2v) is 5.22. The van der Waals surface area contributed by atoms with Crippen molar-refractivity contribution >= 4 is 12.6 Å². The Morgan fingerprint density at radius 2 is 1.73 bits per heavy atom. The van der Waals surface area contributed by atoms with Gasteiger partial charge in [-0.2, -0.15) is 17.5 Å². The standard InChI is InChI=1S/C15H24O6S/c16-10-12-7-13(20-15(18)11-17)9-14(8-12)21-19-5-3-1-2-4-6-22/h7-9,15-18,22H,1-6,10-11H2. The SMILES string of the molecule is OCc1cc(OOCCCCCCS)cc(OC(O)CO)c1. The minimum atomic E-state index is -1.32. The summed E-state index contributed by atoms with van der Waals surface area (Å²) in [5, 5.41) is 27.2. The minimum Gasteiger partial charge on any atom is -0.462 e. The fraction of sp³-hybridized carbons (Fsp3) is 0.600. The molecule has 1 aromatic carbocycles. The molecule has 7 heteroatoms. The van der Waals surface area contributed by atoms with Gasteiger partial charge < -0.3 is 24.9 Å². The number of hydrogen-bond acceptors (Lipinski definition) is 7. The Hall–Kier alpha value is -0.990. The van der Waals surface area contributed by atoms with Gasteiger partial charge in [0, 0.05) is 6.07 Å². The summed E-state index contributed by atoms with van der Waals surface area (Å²) in [4.78, 5) is 10.3. The number of unbranched alkanes of at least 4 members (excludes halogenated alkanes) is 3. The quantitative estimate of drug-likeness (QED) is 0.153. The average molecular weight is 332 g/mol. The van der Waals surface area contributed by atoms with E-state index in [0.717, 1.165) is 31.4 Å². The Morgan fingerprint density at radius 1 is 1.00 bits per heavy atom. The maximum atomic E-state index is 9.27. The van der Waals surface area contributed by atoms with Gasteiger partial charge in [0.2, 0.25) is 6.29 Å². The first kappa shape index (κ1) is 19.1. The molecule has 0 amide bonds. The van der Waals surface area contributed by atoms with E-state index < -0.39 is 12.9 Å². The van der Waals surface area contributed by atoms with Crippen molar-refractivity contribution in [1.29, 1.82) is 0 Å². The number of aliphatic hydroxyl groups is 3. The van der Waals surface area contributed by atoms with Crippen molar-refractivity contribution in [3.05, 3.63) is 23.8 Å². The van der Waals surface area contributed by atoms with Crippen molar-refractivity contribution in [1.82, 2.24) is 0 Å². The third-order valence-corrected chi connectivity index (χ3v) is 3.16. The van der Waals surface area contributed by atoms with Gasteiger partial charge in [-0.25, -0.2) is 0 Å². The molecule has 126 valence electrons. The molecule has 0 aliphatic rings. The zero-order chi connectivity index (χ0) is 16.2. The zero-order valence-corrected chi connectivity index (χ0v) is 13.4. The number of aliphatic hydroxyl groups excluding tert-OH is 3. The van der Waals surface area contributed by atoms with E-state index in [1.807, 2.05) is 0 Å². The fourth-order valence-corrected chi connectivity index (χ4v) is 1.99. The maximum absolute atomic E-state index is 9.27. The van der Waals surface area contributed by atoms with Crippen LogP contribution < -0.4 is 9.62 Å². The van der Waals surface area contributed by atoms with Gasteiger partial charge in [0.25, 0.3) is 0 Å². The lowest BCUT2D eigenvalue weighted by Crippen LogP contribution is -2.19. The molecule has 1 unspecified atom stereocenters. The zero-order valence-electron chi connectivity index (χ0n) is 12.5. The molecule has 0 spiro atoms. The lowest BCUT2D eigenvalue weighted by atomic mass is 10.2. The molecular formula is C15H24O6S. The molecule has 0 bridgehead atoms. The summed E-state index contributed by atoms with van der Waals surface area (Å²) in [5.74, 6) is 1.54. The van der Waals surface area contributed by atoms with Crippen LogP contribution in [0.1, 0.15) is 31.2 Å². The van der Waals surface area contributed by atoms with Crippen LogP contribution in [-0.4, -0.2) is 40.6 Å². The Morgan fingerprint density at radius 3 is 2.41 bits per heavy atom. The number of hydrogen-bond donors (Lipinski definition) is 4. The Bertz CT molecular complexity index is 415. The highest BCUT2D eigenvalue weighted by atomic mass is 32.1. The van der Waals surface area contributed by atoms with Crippen LogP contribution in [0.15, 0.2) is 18.2 Å². The van der Waals surface area contributed by atoms with Gasteiger partial charge in [0.1, 0.15) is 12.4 Å². The molecule has 1 rings (SSSR count). The molecule has 0 aromatic heterocycles. The van der Waals surface area contributed by atoms with Crippen LogP contribution in [-0.2, 0) is 11.5 Å². The van der Waals surface area contributed by atoms with Gasteiger partial charge in [-0.05, 0) is 36.3 Å². The largest absolute Gasteiger partial charge is 0.462 e. The van der Waals surface area contributed by atoms with Crippen LogP contribution in [0, 0.1) is 0 Å². The van der Waals surface area contributed by atoms with E-state index in [2.05, 4.69) is 12.6 Å². The third-order valence-electron chi connectivity index (χ3n) is 2.84. The summed E-state index contributed by atoms with van der Waals surface area (Å²) in [6.07, 6.45) is 2.83. The predicted molar refractivity (Wildman–Crippen MR) is 85.0 cm³/mol. The van der Waals surface area contributed by atoms with Gasteiger partial charge in [-0.15, -0.1) is 0 Å². The van der Waals surface area contributed by atoms with E-state index in [0.29, 0.717) is 17.9 Å². The van der Waals surface area contributed by atoms with Crippen LogP contribution in [0.5, 0.6) is 11.5 Å². The molecular weight excluding hydrogens is 308 g/mol. The lowest BCUT2D eigenvalue weighted by molar-refractivity contribution is -0.207. The summed E-state index contributed by atoms with van der Waals surface area (Å²) in [6, 6.07) is 4.67. The summed E-state index contributed by atoms with van der Waals surface area (Å²) >= 11 is 4.15. The molecule has 0 saturated heterocycles. The minimum absolute atomic E-state index is 0.202. The Labute approximate surface area is 136 Å². The van der Waals surface area contributed by atoms with E-state index in [1.54, 1.807) is 12.1 Å². The average Bonchev–Trinajstić information content (AvgIpc) is 2.53. The molecule has 1 atom stereocenters. The van der Waals surface area contributed by atoms with Crippen LogP contribution in [0.3, 0.4) is 0 Å². The van der Waals surface area contributed by atoms with E-state index in [9.17, 15) is 10.2 Å². The van der Waals surface area contributed by atoms with Gasteiger partial charge in [0.05, 0.1) is 13.2 Å². The van der Waals surface area contributed by atoms with E-state index >= 15 is 0 Å². The molecule has 3 N–H and O–H groups in total. The summed E-state index contributed by atoms with van der Waals surface area (Å²) in [5.41, 5.74) is 0.551. The molecule has 0 aliphatic heterocycles. The highest BCUT2D eigenvalue weighted by Crippen LogP contribution is 2.24. The second-order valence-electron chi connectivity index (χ2n) is 4.77. The summed E-state index contributed by atoms with van der Waals surface area (Å²) in [7, 11) is 0. The maximum Gasteiger partial charge on any atom is 0.220 e. The summed E-state index contributed by atoms with van der Waals surface area (Å²) < 4.78 is 5.07. The van der Waals surface area contributed by atoms with Crippen molar-refractivity contribution < 1.29 is 29.8 Å². The Kier molecular flexibility index (Phi) is 10.0. The van der Waals surface area contributed by atoms with Crippen molar-refractivity contribution in [2.24, 2.45) is 0 Å². The molecule has 6 nitrogen and oxygen atoms in total. The molecule has 0 radical (unpaired) electrons. The first-order valence-electron chi connectivity index (χ1n) is 7.30. The number of ether oxygens (including phenoxy) is 1. The van der Waals surface area contributed by atoms with Gasteiger partial charge >= 0.3 is 0 Å². The van der Waals surface area contributed by atoms with Crippen LogP contribution in [0.25, 0.3) is 0 Å². The number of thiol groups is 1. The molecule has 0 heterocycles. The Balaban J connectivity index is 2.42. The monoisotopic (exact) mass is 332 g/mol. The van der Waals surface area contributed by atoms with Gasteiger partial charge in [-0.1, -0.05) is 12.8 Å². The van der Waals surface area contributed by atoms with Crippen molar-refractivity contribution in [3.8, 4) is 11.5 Å². The predicted octanol–water partition coefficient (Wildman–Crippen LogP) is 1.67. The summed E-state index contributed by atoms with van der Waals surface area (Å²) in [6.45, 7) is -0.264. The topological polar surface area (TPSA) is 88.4 Å².